The summed E-state index contributed by atoms with van der Waals surface area (Å²) in [7, 11) is 0. The van der Waals surface area contributed by atoms with Crippen molar-refractivity contribution < 1.29 is 9.59 Å². The van der Waals surface area contributed by atoms with Gasteiger partial charge in [-0.15, -0.1) is 0 Å². The zero-order chi connectivity index (χ0) is 17.4. The maximum absolute atomic E-state index is 12.7. The first kappa shape index (κ1) is 19.1. The van der Waals surface area contributed by atoms with Crippen molar-refractivity contribution >= 4 is 11.6 Å². The topological polar surface area (TPSA) is 34.1 Å². The second kappa shape index (κ2) is 9.24. The smallest absolute Gasteiger partial charge is 0.169 e. The second-order valence-corrected chi connectivity index (χ2v) is 6.46. The zero-order valence-corrected chi connectivity index (χ0v) is 14.8. The lowest BCUT2D eigenvalue weighted by Crippen LogP contribution is -2.16. The van der Waals surface area contributed by atoms with Crippen LogP contribution in [0.1, 0.15) is 62.4 Å². The number of Topliss-reactive ketones (excluding diaryl/α,β-unsaturated/α-hetero) is 2. The lowest BCUT2D eigenvalue weighted by atomic mass is 9.87. The van der Waals surface area contributed by atoms with Gasteiger partial charge in [-0.25, -0.2) is 0 Å². The fourth-order valence-electron chi connectivity index (χ4n) is 2.52. The Morgan fingerprint density at radius 2 is 1.70 bits per heavy atom. The van der Waals surface area contributed by atoms with E-state index in [0.29, 0.717) is 6.42 Å². The van der Waals surface area contributed by atoms with E-state index in [2.05, 4.69) is 19.6 Å². The minimum absolute atomic E-state index is 0.145. The third-order valence-corrected chi connectivity index (χ3v) is 4.06. The normalized spacial score (nSPS) is 12.8. The zero-order valence-electron chi connectivity index (χ0n) is 14.8. The van der Waals surface area contributed by atoms with E-state index < -0.39 is 0 Å². The Bertz CT molecular complexity index is 591. The lowest BCUT2D eigenvalue weighted by Gasteiger charge is -2.16. The Morgan fingerprint density at radius 3 is 2.22 bits per heavy atom. The van der Waals surface area contributed by atoms with Gasteiger partial charge in [0, 0.05) is 17.9 Å². The van der Waals surface area contributed by atoms with Gasteiger partial charge in [0.1, 0.15) is 5.78 Å². The monoisotopic (exact) mass is 312 g/mol. The number of allylic oxidation sites excluding steroid dienone is 3. The molecule has 0 heterocycles. The molecule has 1 unspecified atom stereocenters. The van der Waals surface area contributed by atoms with Crippen LogP contribution in [0.25, 0.3) is 0 Å². The summed E-state index contributed by atoms with van der Waals surface area (Å²) < 4.78 is 0. The Morgan fingerprint density at radius 1 is 1.09 bits per heavy atom. The maximum Gasteiger partial charge on any atom is 0.169 e. The standard InChI is InChI=1S/C21H28O2/c1-15(2)20(14-11-16(3)7-6-8-18(5)22)21(23)19-12-9-17(4)10-13-19/h7,9-10,12-13,20H,1,6,8,11,14H2,2-5H3/b16-7+. The van der Waals surface area contributed by atoms with Crippen LogP contribution < -0.4 is 0 Å². The first-order chi connectivity index (χ1) is 10.8. The van der Waals surface area contributed by atoms with Gasteiger partial charge in [0.05, 0.1) is 0 Å². The van der Waals surface area contributed by atoms with Crippen LogP contribution in [-0.2, 0) is 4.79 Å². The first-order valence-electron chi connectivity index (χ1n) is 8.22. The van der Waals surface area contributed by atoms with E-state index in [1.54, 1.807) is 6.92 Å². The van der Waals surface area contributed by atoms with E-state index in [1.165, 1.54) is 5.57 Å². The van der Waals surface area contributed by atoms with Crippen LogP contribution in [-0.4, -0.2) is 11.6 Å². The Balaban J connectivity index is 2.68. The van der Waals surface area contributed by atoms with Gasteiger partial charge in [-0.3, -0.25) is 4.79 Å². The average molecular weight is 312 g/mol. The molecule has 0 amide bonds. The number of benzene rings is 1. The van der Waals surface area contributed by atoms with Crippen LogP contribution in [0.5, 0.6) is 0 Å². The molecule has 0 saturated heterocycles. The molecule has 2 nitrogen and oxygen atoms in total. The van der Waals surface area contributed by atoms with Crippen LogP contribution >= 0.6 is 0 Å². The van der Waals surface area contributed by atoms with Gasteiger partial charge in [-0.2, -0.15) is 0 Å². The van der Waals surface area contributed by atoms with E-state index in [0.717, 1.165) is 36.0 Å². The molecule has 0 radical (unpaired) electrons. The molecule has 0 aliphatic rings. The molecule has 1 rings (SSSR count). The summed E-state index contributed by atoms with van der Waals surface area (Å²) in [5, 5.41) is 0. The van der Waals surface area contributed by atoms with E-state index in [9.17, 15) is 9.59 Å². The number of rotatable bonds is 9. The molecule has 1 atom stereocenters. The highest BCUT2D eigenvalue weighted by molar-refractivity contribution is 5.99. The third-order valence-electron chi connectivity index (χ3n) is 4.06. The quantitative estimate of drug-likeness (QED) is 0.448. The fourth-order valence-corrected chi connectivity index (χ4v) is 2.52. The summed E-state index contributed by atoms with van der Waals surface area (Å²) in [6, 6.07) is 7.72. The minimum Gasteiger partial charge on any atom is -0.300 e. The summed E-state index contributed by atoms with van der Waals surface area (Å²) in [5.74, 6) is 0.214. The molecule has 0 spiro atoms. The van der Waals surface area contributed by atoms with E-state index >= 15 is 0 Å². The lowest BCUT2D eigenvalue weighted by molar-refractivity contribution is -0.116. The molecule has 1 aromatic carbocycles. The SMILES string of the molecule is C=C(C)C(CC/C(C)=C/CCC(C)=O)C(=O)c1ccc(C)cc1. The molecule has 0 aromatic heterocycles. The third kappa shape index (κ3) is 6.77. The molecular weight excluding hydrogens is 284 g/mol. The molecule has 0 fully saturated rings. The predicted molar refractivity (Wildman–Crippen MR) is 96.7 cm³/mol. The largest absolute Gasteiger partial charge is 0.300 e. The number of carbonyl (C=O) groups is 2. The first-order valence-corrected chi connectivity index (χ1v) is 8.22. The van der Waals surface area contributed by atoms with E-state index in [-0.39, 0.29) is 17.5 Å². The number of carbonyl (C=O) groups excluding carboxylic acids is 2. The highest BCUT2D eigenvalue weighted by Gasteiger charge is 2.20. The summed E-state index contributed by atoms with van der Waals surface area (Å²) in [5.41, 5.74) is 4.04. The van der Waals surface area contributed by atoms with Crippen molar-refractivity contribution in [3.8, 4) is 0 Å². The Hall–Kier alpha value is -1.96. The fraction of sp³-hybridized carbons (Fsp3) is 0.429. The van der Waals surface area contributed by atoms with Crippen molar-refractivity contribution in [2.45, 2.75) is 53.4 Å². The van der Waals surface area contributed by atoms with E-state index in [4.69, 9.17) is 0 Å². The highest BCUT2D eigenvalue weighted by atomic mass is 16.1. The molecule has 0 aliphatic carbocycles. The van der Waals surface area contributed by atoms with Crippen LogP contribution in [0.15, 0.2) is 48.1 Å². The van der Waals surface area contributed by atoms with Crippen LogP contribution in [0.3, 0.4) is 0 Å². The molecule has 1 aromatic rings. The molecular formula is C21H28O2. The average Bonchev–Trinajstić information content (AvgIpc) is 2.47. The molecule has 0 bridgehead atoms. The van der Waals surface area contributed by atoms with Gasteiger partial charge in [-0.05, 0) is 47.0 Å². The highest BCUT2D eigenvalue weighted by Crippen LogP contribution is 2.23. The maximum atomic E-state index is 12.7. The summed E-state index contributed by atoms with van der Waals surface area (Å²) >= 11 is 0. The molecule has 2 heteroatoms. The summed E-state index contributed by atoms with van der Waals surface area (Å²) in [6.45, 7) is 11.6. The Labute approximate surface area is 140 Å². The van der Waals surface area contributed by atoms with Crippen molar-refractivity contribution in [3.63, 3.8) is 0 Å². The molecule has 0 N–H and O–H groups in total. The minimum atomic E-state index is -0.145. The summed E-state index contributed by atoms with van der Waals surface area (Å²) in [6.07, 6.45) is 5.10. The van der Waals surface area contributed by atoms with Gasteiger partial charge in [0.15, 0.2) is 5.78 Å². The van der Waals surface area contributed by atoms with Crippen molar-refractivity contribution in [2.75, 3.05) is 0 Å². The van der Waals surface area contributed by atoms with Gasteiger partial charge in [0.2, 0.25) is 0 Å². The van der Waals surface area contributed by atoms with Crippen molar-refractivity contribution in [1.82, 2.24) is 0 Å². The number of hydrogen-bond donors (Lipinski definition) is 0. The number of hydrogen-bond acceptors (Lipinski definition) is 2. The number of ketones is 2. The predicted octanol–water partition coefficient (Wildman–Crippen LogP) is 5.47. The van der Waals surface area contributed by atoms with Gasteiger partial charge in [0.25, 0.3) is 0 Å². The van der Waals surface area contributed by atoms with Crippen LogP contribution in [0.4, 0.5) is 0 Å². The van der Waals surface area contributed by atoms with Crippen molar-refractivity contribution in [3.05, 3.63) is 59.2 Å². The molecule has 124 valence electrons. The Kier molecular flexibility index (Phi) is 7.67. The van der Waals surface area contributed by atoms with Crippen LogP contribution in [0, 0.1) is 12.8 Å². The molecule has 0 saturated carbocycles. The van der Waals surface area contributed by atoms with Gasteiger partial charge < -0.3 is 4.79 Å². The van der Waals surface area contributed by atoms with Gasteiger partial charge >= 0.3 is 0 Å². The molecule has 0 aliphatic heterocycles. The van der Waals surface area contributed by atoms with Crippen LogP contribution in [0.2, 0.25) is 0 Å². The van der Waals surface area contributed by atoms with Crippen molar-refractivity contribution in [1.29, 1.82) is 0 Å². The summed E-state index contributed by atoms with van der Waals surface area (Å²) in [4.78, 5) is 23.7. The second-order valence-electron chi connectivity index (χ2n) is 6.46. The number of aryl methyl sites for hydroxylation is 1. The molecule has 23 heavy (non-hydrogen) atoms. The van der Waals surface area contributed by atoms with Gasteiger partial charge in [-0.1, -0.05) is 53.6 Å². The van der Waals surface area contributed by atoms with E-state index in [1.807, 2.05) is 38.1 Å². The van der Waals surface area contributed by atoms with Crippen molar-refractivity contribution in [2.24, 2.45) is 5.92 Å².